The number of hydrogen-bond donors (Lipinski definition) is 1. The molecule has 0 atom stereocenters. The molecule has 0 saturated carbocycles. The second-order valence-corrected chi connectivity index (χ2v) is 3.34. The topological polar surface area (TPSA) is 59.7 Å². The van der Waals surface area contributed by atoms with Crippen LogP contribution in [0.1, 0.15) is 29.5 Å². The van der Waals surface area contributed by atoms with Gasteiger partial charge >= 0.3 is 5.97 Å². The van der Waals surface area contributed by atoms with Crippen molar-refractivity contribution in [2.45, 2.75) is 20.0 Å². The molecule has 0 bridgehead atoms. The van der Waals surface area contributed by atoms with Crippen LogP contribution in [0.2, 0.25) is 0 Å². The molecule has 0 aromatic carbocycles. The lowest BCUT2D eigenvalue weighted by atomic mass is 10.2. The first-order chi connectivity index (χ1) is 7.11. The number of rotatable bonds is 6. The summed E-state index contributed by atoms with van der Waals surface area (Å²) in [5.41, 5.74) is 1.60. The van der Waals surface area contributed by atoms with E-state index in [9.17, 15) is 4.79 Å². The van der Waals surface area contributed by atoms with Gasteiger partial charge in [0.1, 0.15) is 0 Å². The van der Waals surface area contributed by atoms with Crippen LogP contribution in [0.15, 0.2) is 28.9 Å². The van der Waals surface area contributed by atoms with Gasteiger partial charge in [-0.25, -0.2) is 4.79 Å². The molecule has 0 unspecified atom stereocenters. The van der Waals surface area contributed by atoms with E-state index in [2.05, 4.69) is 6.58 Å². The maximum absolute atomic E-state index is 10.7. The van der Waals surface area contributed by atoms with E-state index in [4.69, 9.17) is 14.3 Å². The number of carbonyl (C=O) groups is 1. The molecule has 1 aromatic heterocycles. The van der Waals surface area contributed by atoms with Crippen LogP contribution < -0.4 is 0 Å². The van der Waals surface area contributed by atoms with E-state index in [0.717, 1.165) is 12.0 Å². The quantitative estimate of drug-likeness (QED) is 0.578. The summed E-state index contributed by atoms with van der Waals surface area (Å²) < 4.78 is 10.1. The van der Waals surface area contributed by atoms with Crippen LogP contribution in [-0.4, -0.2) is 17.7 Å². The Bertz CT molecular complexity index is 351. The Morgan fingerprint density at radius 2 is 2.40 bits per heavy atom. The molecule has 1 aromatic rings. The summed E-state index contributed by atoms with van der Waals surface area (Å²) in [5.74, 6) is -1.12. The Hall–Kier alpha value is -1.55. The lowest BCUT2D eigenvalue weighted by molar-refractivity contribution is 0.0650. The largest absolute Gasteiger partial charge is 0.475 e. The fourth-order valence-electron chi connectivity index (χ4n) is 1.07. The molecule has 0 amide bonds. The van der Waals surface area contributed by atoms with Crippen LogP contribution >= 0.6 is 0 Å². The molecule has 0 saturated heterocycles. The van der Waals surface area contributed by atoms with Crippen LogP contribution in [0.3, 0.4) is 0 Å². The average molecular weight is 210 g/mol. The van der Waals surface area contributed by atoms with Crippen LogP contribution in [-0.2, 0) is 11.3 Å². The number of ether oxygens (including phenoxy) is 1. The first kappa shape index (κ1) is 11.5. The Labute approximate surface area is 88.2 Å². The van der Waals surface area contributed by atoms with Crippen molar-refractivity contribution in [1.29, 1.82) is 0 Å². The van der Waals surface area contributed by atoms with E-state index in [1.165, 1.54) is 6.26 Å². The lowest BCUT2D eigenvalue weighted by Crippen LogP contribution is -2.02. The summed E-state index contributed by atoms with van der Waals surface area (Å²) in [5, 5.41) is 8.74. The molecule has 0 spiro atoms. The van der Waals surface area contributed by atoms with Gasteiger partial charge in [0.25, 0.3) is 0 Å². The van der Waals surface area contributed by atoms with Crippen molar-refractivity contribution in [2.75, 3.05) is 6.61 Å². The first-order valence-electron chi connectivity index (χ1n) is 4.63. The second-order valence-electron chi connectivity index (χ2n) is 3.34. The number of carboxylic acid groups (broad SMARTS) is 1. The summed E-state index contributed by atoms with van der Waals surface area (Å²) in [6.45, 7) is 6.46. The predicted octanol–water partition coefficient (Wildman–Crippen LogP) is 2.46. The third kappa shape index (κ3) is 3.59. The number of carboxylic acids is 1. The third-order valence-corrected chi connectivity index (χ3v) is 1.87. The Morgan fingerprint density at radius 3 is 3.00 bits per heavy atom. The summed E-state index contributed by atoms with van der Waals surface area (Å²) in [6, 6.07) is 1.60. The van der Waals surface area contributed by atoms with E-state index < -0.39 is 5.97 Å². The van der Waals surface area contributed by atoms with E-state index >= 15 is 0 Å². The lowest BCUT2D eigenvalue weighted by Gasteiger charge is -2.02. The summed E-state index contributed by atoms with van der Waals surface area (Å²) in [4.78, 5) is 10.7. The minimum atomic E-state index is -1.07. The Kier molecular flexibility index (Phi) is 4.12. The van der Waals surface area contributed by atoms with Gasteiger partial charge in [-0.1, -0.05) is 5.57 Å². The van der Waals surface area contributed by atoms with E-state index in [1.54, 1.807) is 6.07 Å². The molecule has 4 nitrogen and oxygen atoms in total. The molecule has 4 heteroatoms. The maximum atomic E-state index is 10.7. The second kappa shape index (κ2) is 5.36. The van der Waals surface area contributed by atoms with Crippen molar-refractivity contribution in [3.05, 3.63) is 35.8 Å². The Morgan fingerprint density at radius 1 is 1.67 bits per heavy atom. The zero-order chi connectivity index (χ0) is 11.3. The fraction of sp³-hybridized carbons (Fsp3) is 0.364. The molecule has 1 heterocycles. The van der Waals surface area contributed by atoms with Crippen LogP contribution in [0.4, 0.5) is 0 Å². The van der Waals surface area contributed by atoms with Gasteiger partial charge in [0, 0.05) is 5.56 Å². The molecule has 0 aliphatic heterocycles. The minimum absolute atomic E-state index is 0.0506. The van der Waals surface area contributed by atoms with E-state index in [-0.39, 0.29) is 12.4 Å². The van der Waals surface area contributed by atoms with Gasteiger partial charge < -0.3 is 14.3 Å². The molecule has 0 aliphatic carbocycles. The highest BCUT2D eigenvalue weighted by atomic mass is 16.5. The SMILES string of the molecule is C=C(C)CCOCc1ccoc1C(=O)O. The number of furan rings is 1. The monoisotopic (exact) mass is 210 g/mol. The highest BCUT2D eigenvalue weighted by Gasteiger charge is 2.13. The smallest absolute Gasteiger partial charge is 0.372 e. The molecule has 82 valence electrons. The average Bonchev–Trinajstić information content (AvgIpc) is 2.60. The van der Waals surface area contributed by atoms with Crippen molar-refractivity contribution in [3.63, 3.8) is 0 Å². The normalized spacial score (nSPS) is 10.2. The van der Waals surface area contributed by atoms with Gasteiger partial charge in [-0.05, 0) is 19.4 Å². The van der Waals surface area contributed by atoms with Crippen molar-refractivity contribution in [3.8, 4) is 0 Å². The van der Waals surface area contributed by atoms with Crippen LogP contribution in [0, 0.1) is 0 Å². The van der Waals surface area contributed by atoms with Crippen molar-refractivity contribution >= 4 is 5.97 Å². The van der Waals surface area contributed by atoms with Gasteiger partial charge in [-0.3, -0.25) is 0 Å². The van der Waals surface area contributed by atoms with Crippen molar-refractivity contribution < 1.29 is 19.1 Å². The van der Waals surface area contributed by atoms with E-state index in [1.807, 2.05) is 6.92 Å². The molecule has 0 radical (unpaired) electrons. The van der Waals surface area contributed by atoms with Crippen molar-refractivity contribution in [2.24, 2.45) is 0 Å². The van der Waals surface area contributed by atoms with Gasteiger partial charge in [0.2, 0.25) is 5.76 Å². The summed E-state index contributed by atoms with van der Waals surface area (Å²) >= 11 is 0. The van der Waals surface area contributed by atoms with Gasteiger partial charge in [0.05, 0.1) is 19.5 Å². The van der Waals surface area contributed by atoms with Gasteiger partial charge in [0.15, 0.2) is 0 Å². The minimum Gasteiger partial charge on any atom is -0.475 e. The number of hydrogen-bond acceptors (Lipinski definition) is 3. The van der Waals surface area contributed by atoms with E-state index in [0.29, 0.717) is 12.2 Å². The first-order valence-corrected chi connectivity index (χ1v) is 4.63. The highest BCUT2D eigenvalue weighted by molar-refractivity contribution is 5.85. The van der Waals surface area contributed by atoms with Gasteiger partial charge in [-0.15, -0.1) is 6.58 Å². The molecular formula is C11H14O4. The summed E-state index contributed by atoms with van der Waals surface area (Å²) in [7, 11) is 0. The molecular weight excluding hydrogens is 196 g/mol. The van der Waals surface area contributed by atoms with Crippen molar-refractivity contribution in [1.82, 2.24) is 0 Å². The standard InChI is InChI=1S/C11H14O4/c1-8(2)3-5-14-7-9-4-6-15-10(9)11(12)13/h4,6H,1,3,5,7H2,2H3,(H,12,13). The molecule has 1 rings (SSSR count). The maximum Gasteiger partial charge on any atom is 0.372 e. The van der Waals surface area contributed by atoms with Gasteiger partial charge in [-0.2, -0.15) is 0 Å². The molecule has 15 heavy (non-hydrogen) atoms. The number of aromatic carboxylic acids is 1. The van der Waals surface area contributed by atoms with Crippen LogP contribution in [0.25, 0.3) is 0 Å². The highest BCUT2D eigenvalue weighted by Crippen LogP contribution is 2.12. The zero-order valence-electron chi connectivity index (χ0n) is 8.66. The third-order valence-electron chi connectivity index (χ3n) is 1.87. The molecule has 0 fully saturated rings. The van der Waals surface area contributed by atoms with Crippen LogP contribution in [0.5, 0.6) is 0 Å². The zero-order valence-corrected chi connectivity index (χ0v) is 8.66. The fourth-order valence-corrected chi connectivity index (χ4v) is 1.07. The Balaban J connectivity index is 2.40. The predicted molar refractivity (Wildman–Crippen MR) is 54.8 cm³/mol. The summed E-state index contributed by atoms with van der Waals surface area (Å²) in [6.07, 6.45) is 2.13. The molecule has 1 N–H and O–H groups in total. The molecule has 0 aliphatic rings.